The van der Waals surface area contributed by atoms with E-state index in [-0.39, 0.29) is 11.3 Å². The first kappa shape index (κ1) is 22.9. The molecule has 0 saturated heterocycles. The molecule has 3 aromatic rings. The van der Waals surface area contributed by atoms with Crippen molar-refractivity contribution in [3.05, 3.63) is 70.3 Å². The largest absolute Gasteiger partial charge is 0.385 e. The number of nitrogens with zero attached hydrogens (tertiary/aromatic N) is 4. The Kier molecular flexibility index (Phi) is 8.27. The molecule has 0 aromatic heterocycles. The minimum Gasteiger partial charge on any atom is -0.385 e. The molecule has 7 heteroatoms. The molecule has 164 valence electrons. The standard InChI is InChI=1S/C25H27N5O2/c1-2-3-4-5-6-9-16-27-24-14-15-25(22-11-8-7-10-21(22)24)29-28-23-13-12-20(30(31)32)17-19(23)18-26/h7-8,10-15,17,27H,2-6,9,16H2,1H3. The van der Waals surface area contributed by atoms with Crippen LogP contribution >= 0.6 is 0 Å². The molecule has 3 aromatic carbocycles. The SMILES string of the molecule is CCCCCCCCNc1ccc(N=Nc2ccc([N+](=O)[O-])cc2C#N)c2ccccc12. The molecule has 0 aliphatic heterocycles. The van der Waals surface area contributed by atoms with Crippen molar-refractivity contribution in [2.24, 2.45) is 10.2 Å². The molecule has 0 unspecified atom stereocenters. The van der Waals surface area contributed by atoms with Crippen molar-refractivity contribution in [2.75, 3.05) is 11.9 Å². The Bertz CT molecular complexity index is 1150. The summed E-state index contributed by atoms with van der Waals surface area (Å²) in [4.78, 5) is 10.4. The average Bonchev–Trinajstić information content (AvgIpc) is 2.82. The molecular weight excluding hydrogens is 402 g/mol. The fourth-order valence-corrected chi connectivity index (χ4v) is 3.57. The number of unbranched alkanes of at least 4 members (excludes halogenated alkanes) is 5. The second-order valence-electron chi connectivity index (χ2n) is 7.64. The highest BCUT2D eigenvalue weighted by molar-refractivity contribution is 6.00. The van der Waals surface area contributed by atoms with Crippen molar-refractivity contribution in [3.8, 4) is 6.07 Å². The zero-order valence-electron chi connectivity index (χ0n) is 18.3. The maximum Gasteiger partial charge on any atom is 0.270 e. The number of non-ortho nitro benzene ring substituents is 1. The van der Waals surface area contributed by atoms with Gasteiger partial charge in [-0.15, -0.1) is 10.2 Å². The maximum atomic E-state index is 10.9. The van der Waals surface area contributed by atoms with Gasteiger partial charge in [-0.2, -0.15) is 5.26 Å². The first-order valence-corrected chi connectivity index (χ1v) is 11.0. The Morgan fingerprint density at radius 2 is 1.62 bits per heavy atom. The molecule has 32 heavy (non-hydrogen) atoms. The number of rotatable bonds is 11. The number of hydrogen-bond donors (Lipinski definition) is 1. The molecule has 0 spiro atoms. The lowest BCUT2D eigenvalue weighted by atomic mass is 10.1. The number of benzene rings is 3. The zero-order chi connectivity index (χ0) is 22.8. The first-order chi connectivity index (χ1) is 15.6. The van der Waals surface area contributed by atoms with Gasteiger partial charge in [-0.05, 0) is 24.6 Å². The number of nitro groups is 1. The molecule has 0 saturated carbocycles. The van der Waals surface area contributed by atoms with E-state index in [0.717, 1.165) is 29.4 Å². The topological polar surface area (TPSA) is 104 Å². The van der Waals surface area contributed by atoms with Crippen molar-refractivity contribution in [2.45, 2.75) is 45.4 Å². The van der Waals surface area contributed by atoms with Gasteiger partial charge in [0, 0.05) is 35.1 Å². The van der Waals surface area contributed by atoms with E-state index in [1.165, 1.54) is 50.3 Å². The van der Waals surface area contributed by atoms with Crippen molar-refractivity contribution in [3.63, 3.8) is 0 Å². The number of anilines is 1. The van der Waals surface area contributed by atoms with E-state index < -0.39 is 4.92 Å². The quantitative estimate of drug-likeness (QED) is 0.145. The molecule has 0 atom stereocenters. The van der Waals surface area contributed by atoms with Crippen LogP contribution in [0.5, 0.6) is 0 Å². The Morgan fingerprint density at radius 3 is 2.38 bits per heavy atom. The van der Waals surface area contributed by atoms with Crippen LogP contribution in [0.4, 0.5) is 22.7 Å². The molecule has 0 aliphatic carbocycles. The monoisotopic (exact) mass is 429 g/mol. The van der Waals surface area contributed by atoms with E-state index in [9.17, 15) is 15.4 Å². The fraction of sp³-hybridized carbons (Fsp3) is 0.320. The van der Waals surface area contributed by atoms with Crippen LogP contribution in [0.15, 0.2) is 64.8 Å². The van der Waals surface area contributed by atoms with Crippen molar-refractivity contribution < 1.29 is 4.92 Å². The number of azo groups is 1. The minimum atomic E-state index is -0.536. The second-order valence-corrected chi connectivity index (χ2v) is 7.64. The van der Waals surface area contributed by atoms with Crippen LogP contribution in [0, 0.1) is 21.4 Å². The van der Waals surface area contributed by atoms with Crippen LogP contribution in [-0.2, 0) is 0 Å². The smallest absolute Gasteiger partial charge is 0.270 e. The van der Waals surface area contributed by atoms with Crippen LogP contribution < -0.4 is 5.32 Å². The van der Waals surface area contributed by atoms with Gasteiger partial charge < -0.3 is 5.32 Å². The number of nitrogens with one attached hydrogen (secondary N) is 1. The summed E-state index contributed by atoms with van der Waals surface area (Å²) in [5.74, 6) is 0. The summed E-state index contributed by atoms with van der Waals surface area (Å²) in [5, 5.41) is 34.3. The van der Waals surface area contributed by atoms with Crippen LogP contribution in [-0.4, -0.2) is 11.5 Å². The molecule has 3 rings (SSSR count). The summed E-state index contributed by atoms with van der Waals surface area (Å²) < 4.78 is 0. The lowest BCUT2D eigenvalue weighted by Gasteiger charge is -2.11. The van der Waals surface area contributed by atoms with Gasteiger partial charge in [-0.1, -0.05) is 63.3 Å². The minimum absolute atomic E-state index is 0.115. The first-order valence-electron chi connectivity index (χ1n) is 11.0. The molecule has 0 aliphatic rings. The van der Waals surface area contributed by atoms with Gasteiger partial charge in [-0.25, -0.2) is 0 Å². The summed E-state index contributed by atoms with van der Waals surface area (Å²) in [6.45, 7) is 3.15. The van der Waals surface area contributed by atoms with Crippen LogP contribution in [0.1, 0.15) is 51.0 Å². The third kappa shape index (κ3) is 5.88. The van der Waals surface area contributed by atoms with Gasteiger partial charge in [0.1, 0.15) is 11.8 Å². The summed E-state index contributed by atoms with van der Waals surface area (Å²) in [5.41, 5.74) is 2.00. The van der Waals surface area contributed by atoms with E-state index in [1.54, 1.807) is 0 Å². The molecule has 0 fully saturated rings. The van der Waals surface area contributed by atoms with E-state index in [0.29, 0.717) is 11.4 Å². The van der Waals surface area contributed by atoms with Gasteiger partial charge >= 0.3 is 0 Å². The van der Waals surface area contributed by atoms with E-state index in [4.69, 9.17) is 0 Å². The molecule has 0 radical (unpaired) electrons. The summed E-state index contributed by atoms with van der Waals surface area (Å²) in [6, 6.07) is 17.8. The predicted molar refractivity (Wildman–Crippen MR) is 128 cm³/mol. The predicted octanol–water partition coefficient (Wildman–Crippen LogP) is 7.81. The third-order valence-electron chi connectivity index (χ3n) is 5.32. The molecule has 1 N–H and O–H groups in total. The van der Waals surface area contributed by atoms with Crippen LogP contribution in [0.2, 0.25) is 0 Å². The second kappa shape index (κ2) is 11.6. The molecule has 0 amide bonds. The average molecular weight is 430 g/mol. The highest BCUT2D eigenvalue weighted by atomic mass is 16.6. The normalized spacial score (nSPS) is 11.0. The highest BCUT2D eigenvalue weighted by Crippen LogP contribution is 2.33. The van der Waals surface area contributed by atoms with Gasteiger partial charge in [0.2, 0.25) is 0 Å². The van der Waals surface area contributed by atoms with Crippen molar-refractivity contribution in [1.82, 2.24) is 0 Å². The highest BCUT2D eigenvalue weighted by Gasteiger charge is 2.11. The lowest BCUT2D eigenvalue weighted by Crippen LogP contribution is -2.01. The summed E-state index contributed by atoms with van der Waals surface area (Å²) in [7, 11) is 0. The number of fused-ring (bicyclic) bond motifs is 1. The maximum absolute atomic E-state index is 10.9. The Balaban J connectivity index is 1.76. The van der Waals surface area contributed by atoms with Gasteiger partial charge in [0.05, 0.1) is 16.2 Å². The van der Waals surface area contributed by atoms with Crippen LogP contribution in [0.3, 0.4) is 0 Å². The molecular formula is C25H27N5O2. The number of hydrogen-bond acceptors (Lipinski definition) is 6. The molecule has 7 nitrogen and oxygen atoms in total. The number of nitro benzene ring substituents is 1. The van der Waals surface area contributed by atoms with Crippen molar-refractivity contribution in [1.29, 1.82) is 5.26 Å². The third-order valence-corrected chi connectivity index (χ3v) is 5.32. The van der Waals surface area contributed by atoms with E-state index in [2.05, 4.69) is 22.5 Å². The number of nitriles is 1. The summed E-state index contributed by atoms with van der Waals surface area (Å²) in [6.07, 6.45) is 7.52. The zero-order valence-corrected chi connectivity index (χ0v) is 18.3. The van der Waals surface area contributed by atoms with E-state index >= 15 is 0 Å². The van der Waals surface area contributed by atoms with E-state index in [1.807, 2.05) is 42.5 Å². The van der Waals surface area contributed by atoms with Gasteiger partial charge in [-0.3, -0.25) is 10.1 Å². The molecule has 0 heterocycles. The van der Waals surface area contributed by atoms with Crippen LogP contribution in [0.25, 0.3) is 10.8 Å². The Morgan fingerprint density at radius 1 is 0.938 bits per heavy atom. The van der Waals surface area contributed by atoms with Gasteiger partial charge in [0.25, 0.3) is 5.69 Å². The van der Waals surface area contributed by atoms with Gasteiger partial charge in [0.15, 0.2) is 0 Å². The fourth-order valence-electron chi connectivity index (χ4n) is 3.57. The Hall–Kier alpha value is -3.79. The molecule has 0 bridgehead atoms. The summed E-state index contributed by atoms with van der Waals surface area (Å²) >= 11 is 0. The van der Waals surface area contributed by atoms with Crippen molar-refractivity contribution >= 4 is 33.5 Å². The Labute approximate surface area is 187 Å². The lowest BCUT2D eigenvalue weighted by molar-refractivity contribution is -0.384.